The summed E-state index contributed by atoms with van der Waals surface area (Å²) in [4.78, 5) is 21.4. The fourth-order valence-corrected chi connectivity index (χ4v) is 2.61. The first-order valence-corrected chi connectivity index (χ1v) is 8.88. The monoisotopic (exact) mass is 397 g/mol. The Morgan fingerprint density at radius 1 is 1.21 bits per heavy atom. The largest absolute Gasteiger partial charge is 0.505 e. The molecule has 0 saturated carbocycles. The van der Waals surface area contributed by atoms with Crippen LogP contribution in [0.5, 0.6) is 11.5 Å². The van der Waals surface area contributed by atoms with E-state index in [1.165, 1.54) is 19.2 Å². The number of amidine groups is 1. The van der Waals surface area contributed by atoms with E-state index in [4.69, 9.17) is 18.9 Å². The van der Waals surface area contributed by atoms with Crippen LogP contribution in [0.4, 0.5) is 0 Å². The third kappa shape index (κ3) is 5.78. The van der Waals surface area contributed by atoms with Crippen molar-refractivity contribution >= 4 is 11.8 Å². The molecule has 2 N–H and O–H groups in total. The molecule has 1 aromatic heterocycles. The summed E-state index contributed by atoms with van der Waals surface area (Å²) in [5.41, 5.74) is -1.05. The highest BCUT2D eigenvalue weighted by molar-refractivity contribution is 6.03. The fraction of sp³-hybridized carbons (Fsp3) is 0.611. The molecule has 28 heavy (non-hydrogen) atoms. The van der Waals surface area contributed by atoms with Crippen molar-refractivity contribution in [1.82, 2.24) is 9.88 Å². The Kier molecular flexibility index (Phi) is 7.97. The lowest BCUT2D eigenvalue weighted by Gasteiger charge is -2.17. The van der Waals surface area contributed by atoms with Crippen molar-refractivity contribution in [2.24, 2.45) is 4.99 Å². The van der Waals surface area contributed by atoms with E-state index in [1.54, 1.807) is 19.1 Å². The van der Waals surface area contributed by atoms with Gasteiger partial charge < -0.3 is 34.1 Å². The molecule has 0 unspecified atom stereocenters. The predicted octanol–water partition coefficient (Wildman–Crippen LogP) is 0.381. The Hall–Kier alpha value is -2.43. The number of carboxylic acid groups (broad SMARTS) is 1. The van der Waals surface area contributed by atoms with Crippen molar-refractivity contribution in [3.63, 3.8) is 0 Å². The van der Waals surface area contributed by atoms with E-state index < -0.39 is 11.5 Å². The van der Waals surface area contributed by atoms with Crippen LogP contribution in [0.1, 0.15) is 12.6 Å². The number of carboxylic acids is 1. The summed E-state index contributed by atoms with van der Waals surface area (Å²) >= 11 is 0. The molecular formula is C18H27N3O7. The van der Waals surface area contributed by atoms with Crippen LogP contribution in [0.25, 0.3) is 0 Å². The van der Waals surface area contributed by atoms with E-state index in [1.807, 2.05) is 0 Å². The molecule has 1 aliphatic rings. The number of hydrogen-bond acceptors (Lipinski definition) is 9. The number of aliphatic imine (C=N–C) groups is 1. The van der Waals surface area contributed by atoms with Gasteiger partial charge in [0.15, 0.2) is 11.4 Å². The van der Waals surface area contributed by atoms with Gasteiger partial charge in [-0.1, -0.05) is 0 Å². The van der Waals surface area contributed by atoms with Crippen LogP contribution in [0.15, 0.2) is 17.3 Å². The minimum Gasteiger partial charge on any atom is -0.505 e. The SMILES string of the molecule is COCCOCCOCCOc1cnc(C2=N[C@@](C)(C(=O)O)CN2C)c(O)c1. The summed E-state index contributed by atoms with van der Waals surface area (Å²) in [6, 6.07) is 1.42. The molecule has 156 valence electrons. The van der Waals surface area contributed by atoms with Gasteiger partial charge in [-0.2, -0.15) is 0 Å². The number of hydrogen-bond donors (Lipinski definition) is 2. The number of pyridine rings is 1. The molecule has 0 saturated heterocycles. The number of ether oxygens (including phenoxy) is 4. The molecule has 1 aliphatic heterocycles. The molecule has 0 aromatic carbocycles. The van der Waals surface area contributed by atoms with Crippen LogP contribution in [-0.2, 0) is 19.0 Å². The topological polar surface area (TPSA) is 123 Å². The summed E-state index contributed by atoms with van der Waals surface area (Å²) < 4.78 is 21.0. The molecular weight excluding hydrogens is 370 g/mol. The third-order valence-corrected chi connectivity index (χ3v) is 4.07. The van der Waals surface area contributed by atoms with Gasteiger partial charge in [0.1, 0.15) is 23.8 Å². The van der Waals surface area contributed by atoms with Gasteiger partial charge in [0.05, 0.1) is 45.8 Å². The van der Waals surface area contributed by atoms with Crippen LogP contribution < -0.4 is 4.74 Å². The van der Waals surface area contributed by atoms with Crippen molar-refractivity contribution in [2.75, 3.05) is 60.3 Å². The van der Waals surface area contributed by atoms with E-state index >= 15 is 0 Å². The zero-order valence-electron chi connectivity index (χ0n) is 16.4. The standard InChI is InChI=1S/C18H27N3O7/c1-18(17(23)24)12-21(2)16(20-18)15-14(22)10-13(11-19-15)28-9-8-27-7-6-26-5-4-25-3/h10-11,22H,4-9,12H2,1-3H3,(H,23,24)/t18-/m1/s1. The quantitative estimate of drug-likeness (QED) is 0.482. The summed E-state index contributed by atoms with van der Waals surface area (Å²) in [5, 5.41) is 19.6. The van der Waals surface area contributed by atoms with Crippen LogP contribution in [-0.4, -0.2) is 97.8 Å². The second-order valence-corrected chi connectivity index (χ2v) is 6.48. The Labute approximate surface area is 163 Å². The lowest BCUT2D eigenvalue weighted by Crippen LogP contribution is -2.38. The number of aromatic nitrogens is 1. The van der Waals surface area contributed by atoms with Crippen molar-refractivity contribution in [3.8, 4) is 11.5 Å². The highest BCUT2D eigenvalue weighted by Crippen LogP contribution is 2.28. The Morgan fingerprint density at radius 2 is 1.86 bits per heavy atom. The van der Waals surface area contributed by atoms with Gasteiger partial charge in [0, 0.05) is 20.2 Å². The molecule has 0 radical (unpaired) electrons. The molecule has 1 aromatic rings. The molecule has 2 rings (SSSR count). The molecule has 1 atom stereocenters. The number of rotatable bonds is 12. The number of aromatic hydroxyl groups is 1. The second-order valence-electron chi connectivity index (χ2n) is 6.48. The van der Waals surface area contributed by atoms with E-state index in [0.717, 1.165) is 0 Å². The van der Waals surface area contributed by atoms with Gasteiger partial charge in [-0.15, -0.1) is 0 Å². The smallest absolute Gasteiger partial charge is 0.333 e. The average molecular weight is 397 g/mol. The lowest BCUT2D eigenvalue weighted by atomic mass is 10.1. The predicted molar refractivity (Wildman–Crippen MR) is 100 cm³/mol. The first-order chi connectivity index (χ1) is 13.4. The summed E-state index contributed by atoms with van der Waals surface area (Å²) in [7, 11) is 3.32. The number of carbonyl (C=O) groups is 1. The van der Waals surface area contributed by atoms with Crippen LogP contribution >= 0.6 is 0 Å². The van der Waals surface area contributed by atoms with Crippen LogP contribution in [0.2, 0.25) is 0 Å². The maximum absolute atomic E-state index is 11.4. The Morgan fingerprint density at radius 3 is 2.43 bits per heavy atom. The van der Waals surface area contributed by atoms with Crippen molar-refractivity contribution < 1.29 is 34.0 Å². The van der Waals surface area contributed by atoms with Crippen molar-refractivity contribution in [2.45, 2.75) is 12.5 Å². The number of likely N-dealkylation sites (N-methyl/N-ethyl adjacent to an activating group) is 1. The third-order valence-electron chi connectivity index (χ3n) is 4.07. The Balaban J connectivity index is 1.82. The summed E-state index contributed by atoms with van der Waals surface area (Å²) in [5.74, 6) is -0.461. The minimum absolute atomic E-state index is 0.134. The molecule has 10 nitrogen and oxygen atoms in total. The zero-order chi connectivity index (χ0) is 20.6. The fourth-order valence-electron chi connectivity index (χ4n) is 2.61. The molecule has 0 bridgehead atoms. The normalized spacial score (nSPS) is 19.0. The minimum atomic E-state index is -1.27. The van der Waals surface area contributed by atoms with E-state index in [-0.39, 0.29) is 24.6 Å². The highest BCUT2D eigenvalue weighted by Gasteiger charge is 2.41. The second kappa shape index (κ2) is 10.2. The molecule has 0 spiro atoms. The van der Waals surface area contributed by atoms with E-state index in [9.17, 15) is 15.0 Å². The van der Waals surface area contributed by atoms with Gasteiger partial charge in [-0.25, -0.2) is 14.8 Å². The van der Waals surface area contributed by atoms with Gasteiger partial charge in [-0.05, 0) is 6.92 Å². The van der Waals surface area contributed by atoms with Gasteiger partial charge in [0.2, 0.25) is 0 Å². The van der Waals surface area contributed by atoms with Gasteiger partial charge in [-0.3, -0.25) is 0 Å². The van der Waals surface area contributed by atoms with Crippen LogP contribution in [0.3, 0.4) is 0 Å². The van der Waals surface area contributed by atoms with E-state index in [0.29, 0.717) is 44.6 Å². The van der Waals surface area contributed by atoms with Crippen LogP contribution in [0, 0.1) is 0 Å². The average Bonchev–Trinajstić information content (AvgIpc) is 2.96. The van der Waals surface area contributed by atoms with E-state index in [2.05, 4.69) is 9.98 Å². The number of nitrogens with zero attached hydrogens (tertiary/aromatic N) is 3. The Bertz CT molecular complexity index is 698. The lowest BCUT2D eigenvalue weighted by molar-refractivity contribution is -0.142. The molecule has 0 amide bonds. The molecule has 2 heterocycles. The first-order valence-electron chi connectivity index (χ1n) is 8.88. The van der Waals surface area contributed by atoms with Crippen molar-refractivity contribution in [3.05, 3.63) is 18.0 Å². The first kappa shape index (κ1) is 21.9. The highest BCUT2D eigenvalue weighted by atomic mass is 16.6. The zero-order valence-corrected chi connectivity index (χ0v) is 16.4. The number of methoxy groups -OCH3 is 1. The number of aliphatic carboxylic acids is 1. The summed E-state index contributed by atoms with van der Waals surface area (Å²) in [6.07, 6.45) is 1.45. The molecule has 0 fully saturated rings. The maximum Gasteiger partial charge on any atom is 0.333 e. The maximum atomic E-state index is 11.4. The molecule has 10 heteroatoms. The summed E-state index contributed by atoms with van der Waals surface area (Å²) in [6.45, 7) is 4.38. The van der Waals surface area contributed by atoms with Gasteiger partial charge >= 0.3 is 5.97 Å². The molecule has 0 aliphatic carbocycles. The van der Waals surface area contributed by atoms with Gasteiger partial charge in [0.25, 0.3) is 0 Å². The van der Waals surface area contributed by atoms with Crippen molar-refractivity contribution in [1.29, 1.82) is 0 Å².